The molecule has 0 fully saturated rings. The number of hydrogen-bond acceptors (Lipinski definition) is 0. The molecular weight excluding hydrogens is 324 g/mol. The minimum Gasteiger partial charge on any atom is -0.0587 e. The highest BCUT2D eigenvalue weighted by Gasteiger charge is 2.22. The fourth-order valence-electron chi connectivity index (χ4n) is 4.55. The summed E-state index contributed by atoms with van der Waals surface area (Å²) >= 11 is 0. The monoisotopic (exact) mass is 348 g/mol. The van der Waals surface area contributed by atoms with Crippen LogP contribution in [0.5, 0.6) is 0 Å². The lowest BCUT2D eigenvalue weighted by Crippen LogP contribution is -2.07. The average Bonchev–Trinajstić information content (AvgIpc) is 2.67. The summed E-state index contributed by atoms with van der Waals surface area (Å²) in [5.41, 5.74) is 12.6. The van der Waals surface area contributed by atoms with Gasteiger partial charge in [-0.2, -0.15) is 0 Å². The van der Waals surface area contributed by atoms with Crippen LogP contribution >= 0.6 is 0 Å². The minimum atomic E-state index is 1.11. The van der Waals surface area contributed by atoms with E-state index in [9.17, 15) is 0 Å². The molecule has 0 radical (unpaired) electrons. The standard InChI is InChI=1S/C27H24/c1-17-4-8-20(9-5-17)27-24-13-11-21-14-18(2)7-12-23(21)26(24)16-22-10-6-19(3)15-25(22)27/h4-10,12,14-16H,11,13H2,1-3H3. The zero-order valence-corrected chi connectivity index (χ0v) is 16.3. The second kappa shape index (κ2) is 6.09. The first-order valence-electron chi connectivity index (χ1n) is 9.83. The van der Waals surface area contributed by atoms with Gasteiger partial charge in [-0.1, -0.05) is 77.4 Å². The van der Waals surface area contributed by atoms with Crippen molar-refractivity contribution in [3.8, 4) is 22.3 Å². The van der Waals surface area contributed by atoms with Crippen LogP contribution in [-0.4, -0.2) is 0 Å². The van der Waals surface area contributed by atoms with Gasteiger partial charge in [0.1, 0.15) is 0 Å². The molecule has 4 aromatic rings. The Balaban J connectivity index is 1.88. The summed E-state index contributed by atoms with van der Waals surface area (Å²) < 4.78 is 0. The summed E-state index contributed by atoms with van der Waals surface area (Å²) in [4.78, 5) is 0. The summed E-state index contributed by atoms with van der Waals surface area (Å²) in [6.07, 6.45) is 2.24. The Morgan fingerprint density at radius 3 is 2.11 bits per heavy atom. The molecule has 0 heteroatoms. The van der Waals surface area contributed by atoms with Gasteiger partial charge in [0.25, 0.3) is 0 Å². The molecule has 0 heterocycles. The number of hydrogen-bond donors (Lipinski definition) is 0. The molecule has 0 atom stereocenters. The third-order valence-electron chi connectivity index (χ3n) is 5.94. The summed E-state index contributed by atoms with van der Waals surface area (Å²) in [7, 11) is 0. The van der Waals surface area contributed by atoms with Crippen molar-refractivity contribution >= 4 is 10.8 Å². The van der Waals surface area contributed by atoms with E-state index in [0.29, 0.717) is 0 Å². The average molecular weight is 348 g/mol. The molecule has 0 unspecified atom stereocenters. The van der Waals surface area contributed by atoms with E-state index >= 15 is 0 Å². The van der Waals surface area contributed by atoms with Crippen molar-refractivity contribution in [2.75, 3.05) is 0 Å². The lowest BCUT2D eigenvalue weighted by atomic mass is 9.79. The predicted molar refractivity (Wildman–Crippen MR) is 116 cm³/mol. The lowest BCUT2D eigenvalue weighted by molar-refractivity contribution is 0.943. The fourth-order valence-corrected chi connectivity index (χ4v) is 4.55. The van der Waals surface area contributed by atoms with E-state index in [1.165, 1.54) is 60.8 Å². The quantitative estimate of drug-likeness (QED) is 0.341. The Labute approximate surface area is 161 Å². The number of benzene rings is 4. The third kappa shape index (κ3) is 2.68. The second-order valence-corrected chi connectivity index (χ2v) is 8.03. The molecule has 132 valence electrons. The Morgan fingerprint density at radius 1 is 0.593 bits per heavy atom. The number of aryl methyl sites for hydroxylation is 4. The van der Waals surface area contributed by atoms with Gasteiger partial charge in [-0.05, 0) is 83.8 Å². The highest BCUT2D eigenvalue weighted by molar-refractivity contribution is 6.03. The maximum Gasteiger partial charge on any atom is -0.00669 e. The van der Waals surface area contributed by atoms with Crippen molar-refractivity contribution in [2.24, 2.45) is 0 Å². The molecule has 0 aromatic heterocycles. The van der Waals surface area contributed by atoms with E-state index in [1.807, 2.05) is 0 Å². The molecule has 27 heavy (non-hydrogen) atoms. The van der Waals surface area contributed by atoms with Crippen LogP contribution in [0, 0.1) is 20.8 Å². The van der Waals surface area contributed by atoms with E-state index in [1.54, 1.807) is 0 Å². The summed E-state index contributed by atoms with van der Waals surface area (Å²) in [6, 6.07) is 25.3. The number of fused-ring (bicyclic) bond motifs is 4. The molecule has 4 aromatic carbocycles. The van der Waals surface area contributed by atoms with Gasteiger partial charge in [0.05, 0.1) is 0 Å². The van der Waals surface area contributed by atoms with Crippen LogP contribution in [0.15, 0.2) is 66.7 Å². The molecule has 0 N–H and O–H groups in total. The molecule has 0 spiro atoms. The smallest absolute Gasteiger partial charge is 0.00669 e. The van der Waals surface area contributed by atoms with Gasteiger partial charge in [0.2, 0.25) is 0 Å². The van der Waals surface area contributed by atoms with Gasteiger partial charge in [0, 0.05) is 0 Å². The van der Waals surface area contributed by atoms with Crippen LogP contribution in [0.3, 0.4) is 0 Å². The van der Waals surface area contributed by atoms with Gasteiger partial charge in [0.15, 0.2) is 0 Å². The van der Waals surface area contributed by atoms with Crippen molar-refractivity contribution in [3.05, 3.63) is 94.5 Å². The highest BCUT2D eigenvalue weighted by atomic mass is 14.3. The Bertz CT molecular complexity index is 1180. The molecule has 0 bridgehead atoms. The zero-order valence-electron chi connectivity index (χ0n) is 16.3. The first-order chi connectivity index (χ1) is 13.1. The van der Waals surface area contributed by atoms with Gasteiger partial charge in [-0.25, -0.2) is 0 Å². The van der Waals surface area contributed by atoms with Gasteiger partial charge in [-0.3, -0.25) is 0 Å². The number of rotatable bonds is 1. The summed E-state index contributed by atoms with van der Waals surface area (Å²) in [6.45, 7) is 6.54. The highest BCUT2D eigenvalue weighted by Crippen LogP contribution is 2.43. The first kappa shape index (κ1) is 16.3. The van der Waals surface area contributed by atoms with Crippen LogP contribution < -0.4 is 0 Å². The predicted octanol–water partition coefficient (Wildman–Crippen LogP) is 7.20. The van der Waals surface area contributed by atoms with Crippen LogP contribution in [-0.2, 0) is 12.8 Å². The topological polar surface area (TPSA) is 0 Å². The fraction of sp³-hybridized carbons (Fsp3) is 0.185. The minimum absolute atomic E-state index is 1.11. The largest absolute Gasteiger partial charge is 0.0587 e. The second-order valence-electron chi connectivity index (χ2n) is 8.03. The maximum absolute atomic E-state index is 2.41. The maximum atomic E-state index is 2.41. The molecule has 1 aliphatic rings. The lowest BCUT2D eigenvalue weighted by Gasteiger charge is -2.25. The molecule has 0 amide bonds. The van der Waals surface area contributed by atoms with Gasteiger partial charge >= 0.3 is 0 Å². The van der Waals surface area contributed by atoms with Crippen molar-refractivity contribution in [1.29, 1.82) is 0 Å². The van der Waals surface area contributed by atoms with Crippen molar-refractivity contribution in [2.45, 2.75) is 33.6 Å². The van der Waals surface area contributed by atoms with Crippen LogP contribution in [0.1, 0.15) is 27.8 Å². The normalized spacial score (nSPS) is 12.7. The molecule has 5 rings (SSSR count). The van der Waals surface area contributed by atoms with E-state index in [0.717, 1.165) is 12.8 Å². The molecule has 0 saturated carbocycles. The first-order valence-corrected chi connectivity index (χ1v) is 9.83. The van der Waals surface area contributed by atoms with Gasteiger partial charge in [-0.15, -0.1) is 0 Å². The van der Waals surface area contributed by atoms with Crippen LogP contribution in [0.25, 0.3) is 33.0 Å². The van der Waals surface area contributed by atoms with Crippen LogP contribution in [0.4, 0.5) is 0 Å². The Morgan fingerprint density at radius 2 is 1.30 bits per heavy atom. The van der Waals surface area contributed by atoms with E-state index in [-0.39, 0.29) is 0 Å². The van der Waals surface area contributed by atoms with Crippen molar-refractivity contribution in [3.63, 3.8) is 0 Å². The summed E-state index contributed by atoms with van der Waals surface area (Å²) in [5, 5.41) is 2.72. The Kier molecular flexibility index (Phi) is 3.68. The summed E-state index contributed by atoms with van der Waals surface area (Å²) in [5.74, 6) is 0. The zero-order chi connectivity index (χ0) is 18.5. The molecule has 0 nitrogen and oxygen atoms in total. The van der Waals surface area contributed by atoms with E-state index in [4.69, 9.17) is 0 Å². The molecular formula is C27H24. The van der Waals surface area contributed by atoms with E-state index in [2.05, 4.69) is 87.5 Å². The third-order valence-corrected chi connectivity index (χ3v) is 5.94. The van der Waals surface area contributed by atoms with Crippen molar-refractivity contribution < 1.29 is 0 Å². The molecule has 0 aliphatic heterocycles. The van der Waals surface area contributed by atoms with Gasteiger partial charge < -0.3 is 0 Å². The van der Waals surface area contributed by atoms with E-state index < -0.39 is 0 Å². The molecule has 1 aliphatic carbocycles. The SMILES string of the molecule is Cc1ccc(-c2c3c(cc4ccc(C)cc24)-c2ccc(C)cc2CC3)cc1. The Hall–Kier alpha value is -2.86. The molecule has 0 saturated heterocycles. The van der Waals surface area contributed by atoms with Crippen molar-refractivity contribution in [1.82, 2.24) is 0 Å². The van der Waals surface area contributed by atoms with Crippen LogP contribution in [0.2, 0.25) is 0 Å².